The van der Waals surface area contributed by atoms with Crippen LogP contribution in [-0.2, 0) is 4.43 Å². The summed E-state index contributed by atoms with van der Waals surface area (Å²) in [6, 6.07) is 0.726. The molecule has 0 saturated heterocycles. The van der Waals surface area contributed by atoms with Gasteiger partial charge < -0.3 is 9.33 Å². The van der Waals surface area contributed by atoms with Gasteiger partial charge in [0.05, 0.1) is 0 Å². The highest BCUT2D eigenvalue weighted by Gasteiger charge is 2.41. The molecule has 3 rings (SSSR count). The van der Waals surface area contributed by atoms with E-state index in [1.807, 2.05) is 5.38 Å². The average Bonchev–Trinajstić information content (AvgIpc) is 3.16. The van der Waals surface area contributed by atoms with Gasteiger partial charge in [0.2, 0.25) is 0 Å². The highest BCUT2D eigenvalue weighted by molar-refractivity contribution is 7.13. The molecule has 0 aliphatic heterocycles. The van der Waals surface area contributed by atoms with Gasteiger partial charge in [0.25, 0.3) is 0 Å². The number of urea groups is 1. The highest BCUT2D eigenvalue weighted by atomic mass is 32.1. The number of nitrogens with zero attached hydrogens (tertiary/aromatic N) is 2. The van der Waals surface area contributed by atoms with Gasteiger partial charge in [0, 0.05) is 29.8 Å². The van der Waals surface area contributed by atoms with E-state index in [4.69, 9.17) is 4.43 Å². The molecule has 1 aromatic rings. The van der Waals surface area contributed by atoms with Gasteiger partial charge >= 0.3 is 6.03 Å². The van der Waals surface area contributed by atoms with Crippen LogP contribution in [0.25, 0.3) is 0 Å². The standard InChI is InChI=1S/C22H39N3O2SSi/c1-22(2,3)29(4,5)27-19-13-11-18(12-14-19)25(17-9-7-6-8-10-17)21(26)24-20-23-15-16-28-20/h15-19H,6-14H2,1-5H3,(H,23,24,26)/t18-,19-. The van der Waals surface area contributed by atoms with Gasteiger partial charge in [0.1, 0.15) is 0 Å². The van der Waals surface area contributed by atoms with Crippen molar-refractivity contribution in [2.24, 2.45) is 0 Å². The van der Waals surface area contributed by atoms with Crippen LogP contribution in [0.3, 0.4) is 0 Å². The molecule has 0 radical (unpaired) electrons. The van der Waals surface area contributed by atoms with E-state index < -0.39 is 8.32 Å². The Morgan fingerprint density at radius 2 is 1.72 bits per heavy atom. The molecule has 0 aromatic carbocycles. The van der Waals surface area contributed by atoms with E-state index >= 15 is 0 Å². The third kappa shape index (κ3) is 5.82. The van der Waals surface area contributed by atoms with Gasteiger partial charge in [-0.1, -0.05) is 40.0 Å². The fourth-order valence-electron chi connectivity index (χ4n) is 4.46. The molecule has 0 spiro atoms. The Labute approximate surface area is 181 Å². The van der Waals surface area contributed by atoms with Crippen molar-refractivity contribution in [1.82, 2.24) is 9.88 Å². The van der Waals surface area contributed by atoms with Crippen LogP contribution in [0.15, 0.2) is 11.6 Å². The molecule has 0 atom stereocenters. The second-order valence-corrected chi connectivity index (χ2v) is 15.9. The van der Waals surface area contributed by atoms with Crippen LogP contribution in [0.4, 0.5) is 9.93 Å². The van der Waals surface area contributed by atoms with Gasteiger partial charge in [-0.3, -0.25) is 5.32 Å². The first-order chi connectivity index (χ1) is 13.7. The number of carbonyl (C=O) groups excluding carboxylic acids is 1. The molecule has 2 fully saturated rings. The third-order valence-corrected chi connectivity index (χ3v) is 12.4. The molecule has 2 amide bonds. The largest absolute Gasteiger partial charge is 0.414 e. The Morgan fingerprint density at radius 3 is 2.28 bits per heavy atom. The van der Waals surface area contributed by atoms with E-state index in [2.05, 4.69) is 49.1 Å². The maximum atomic E-state index is 13.2. The summed E-state index contributed by atoms with van der Waals surface area (Å²) in [5.74, 6) is 0. The van der Waals surface area contributed by atoms with Crippen LogP contribution < -0.4 is 5.32 Å². The maximum Gasteiger partial charge on any atom is 0.324 e. The Bertz CT molecular complexity index is 646. The van der Waals surface area contributed by atoms with Crippen molar-refractivity contribution < 1.29 is 9.22 Å². The monoisotopic (exact) mass is 437 g/mol. The topological polar surface area (TPSA) is 54.5 Å². The van der Waals surface area contributed by atoms with E-state index in [0.717, 1.165) is 38.5 Å². The zero-order valence-corrected chi connectivity index (χ0v) is 20.7. The molecule has 7 heteroatoms. The molecule has 5 nitrogen and oxygen atoms in total. The number of nitrogens with one attached hydrogen (secondary N) is 1. The lowest BCUT2D eigenvalue weighted by atomic mass is 9.88. The third-order valence-electron chi connectivity index (χ3n) is 7.15. The molecular formula is C22H39N3O2SSi. The summed E-state index contributed by atoms with van der Waals surface area (Å²) in [5, 5.41) is 5.90. The highest BCUT2D eigenvalue weighted by Crippen LogP contribution is 2.40. The van der Waals surface area contributed by atoms with Crippen LogP contribution in [0.1, 0.15) is 78.6 Å². The fourth-order valence-corrected chi connectivity index (χ4v) is 6.41. The van der Waals surface area contributed by atoms with E-state index in [9.17, 15) is 4.79 Å². The summed E-state index contributed by atoms with van der Waals surface area (Å²) in [6.45, 7) is 11.6. The first-order valence-electron chi connectivity index (χ1n) is 11.3. The second kappa shape index (κ2) is 9.48. The van der Waals surface area contributed by atoms with Gasteiger partial charge in [-0.05, 0) is 56.7 Å². The molecule has 0 unspecified atom stereocenters. The van der Waals surface area contributed by atoms with Crippen LogP contribution in [-0.4, -0.2) is 42.4 Å². The van der Waals surface area contributed by atoms with E-state index in [1.54, 1.807) is 6.20 Å². The number of carbonyl (C=O) groups is 1. The average molecular weight is 438 g/mol. The number of hydrogen-bond donors (Lipinski definition) is 1. The molecule has 29 heavy (non-hydrogen) atoms. The molecular weight excluding hydrogens is 398 g/mol. The molecule has 1 N–H and O–H groups in total. The van der Waals surface area contributed by atoms with E-state index in [-0.39, 0.29) is 11.1 Å². The predicted molar refractivity (Wildman–Crippen MR) is 124 cm³/mol. The lowest BCUT2D eigenvalue weighted by Gasteiger charge is -2.45. The molecule has 2 saturated carbocycles. The van der Waals surface area contributed by atoms with Gasteiger partial charge in [-0.25, -0.2) is 9.78 Å². The fraction of sp³-hybridized carbons (Fsp3) is 0.818. The molecule has 0 bridgehead atoms. The quantitative estimate of drug-likeness (QED) is 0.525. The Morgan fingerprint density at radius 1 is 1.10 bits per heavy atom. The van der Waals surface area contributed by atoms with E-state index in [0.29, 0.717) is 23.3 Å². The predicted octanol–water partition coefficient (Wildman–Crippen LogP) is 6.64. The Balaban J connectivity index is 1.64. The van der Waals surface area contributed by atoms with Crippen molar-refractivity contribution in [2.45, 2.75) is 115 Å². The summed E-state index contributed by atoms with van der Waals surface area (Å²) < 4.78 is 6.67. The van der Waals surface area contributed by atoms with Crippen molar-refractivity contribution in [2.75, 3.05) is 5.32 Å². The van der Waals surface area contributed by atoms with Crippen molar-refractivity contribution in [3.63, 3.8) is 0 Å². The number of aromatic nitrogens is 1. The normalized spacial score (nSPS) is 24.3. The Hall–Kier alpha value is -0.923. The number of anilines is 1. The molecule has 164 valence electrons. The summed E-state index contributed by atoms with van der Waals surface area (Å²) in [4.78, 5) is 19.6. The lowest BCUT2D eigenvalue weighted by Crippen LogP contribution is -2.52. The smallest absolute Gasteiger partial charge is 0.324 e. The SMILES string of the molecule is CC(C)(C)[Si](C)(C)O[C@H]1CC[C@H](N(C(=O)Nc2nccs2)C2CCCCC2)CC1. The molecule has 1 heterocycles. The summed E-state index contributed by atoms with van der Waals surface area (Å²) >= 11 is 1.49. The second-order valence-electron chi connectivity index (χ2n) is 10.3. The zero-order chi connectivity index (χ0) is 21.1. The van der Waals surface area contributed by atoms with Gasteiger partial charge in [-0.2, -0.15) is 0 Å². The van der Waals surface area contributed by atoms with Crippen LogP contribution in [0.5, 0.6) is 0 Å². The number of thiazole rings is 1. The van der Waals surface area contributed by atoms with E-state index in [1.165, 1.54) is 30.6 Å². The van der Waals surface area contributed by atoms with Crippen LogP contribution in [0, 0.1) is 0 Å². The van der Waals surface area contributed by atoms with Crippen LogP contribution >= 0.6 is 11.3 Å². The minimum absolute atomic E-state index is 0.0422. The van der Waals surface area contributed by atoms with Crippen LogP contribution in [0.2, 0.25) is 18.1 Å². The number of rotatable bonds is 5. The van der Waals surface area contributed by atoms with Gasteiger partial charge in [-0.15, -0.1) is 11.3 Å². The first-order valence-corrected chi connectivity index (χ1v) is 15.1. The number of hydrogen-bond acceptors (Lipinski definition) is 4. The first kappa shape index (κ1) is 22.8. The number of amides is 2. The minimum Gasteiger partial charge on any atom is -0.414 e. The minimum atomic E-state index is -1.74. The summed E-state index contributed by atoms with van der Waals surface area (Å²) in [7, 11) is -1.74. The van der Waals surface area contributed by atoms with Crippen molar-refractivity contribution in [3.8, 4) is 0 Å². The summed E-state index contributed by atoms with van der Waals surface area (Å²) in [5.41, 5.74) is 0. The maximum absolute atomic E-state index is 13.2. The molecule has 2 aliphatic carbocycles. The zero-order valence-electron chi connectivity index (χ0n) is 18.9. The Kier molecular flexibility index (Phi) is 7.44. The van der Waals surface area contributed by atoms with Crippen molar-refractivity contribution >= 4 is 30.8 Å². The molecule has 1 aromatic heterocycles. The van der Waals surface area contributed by atoms with Crippen molar-refractivity contribution in [3.05, 3.63) is 11.6 Å². The van der Waals surface area contributed by atoms with Gasteiger partial charge in [0.15, 0.2) is 13.4 Å². The lowest BCUT2D eigenvalue weighted by molar-refractivity contribution is 0.0692. The van der Waals surface area contributed by atoms with Crippen molar-refractivity contribution in [1.29, 1.82) is 0 Å². The summed E-state index contributed by atoms with van der Waals surface area (Å²) in [6.07, 6.45) is 12.3. The molecule has 2 aliphatic rings.